The van der Waals surface area contributed by atoms with Crippen LogP contribution in [0.25, 0.3) is 0 Å². The number of nitro benzene ring substituents is 1. The van der Waals surface area contributed by atoms with Crippen molar-refractivity contribution in [3.63, 3.8) is 0 Å². The number of nitrogens with zero attached hydrogens (tertiary/aromatic N) is 2. The number of aliphatic hydroxyl groups excluding tert-OH is 1. The molecular weight excluding hydrogens is 343 g/mol. The summed E-state index contributed by atoms with van der Waals surface area (Å²) in [5.74, 6) is -0.506. The zero-order chi connectivity index (χ0) is 17.9. The SMILES string of the molecule is CN(OS(=O)(=O)c1ccc([N+](=O)[O-])cc1)C(O)c1ccc(F)cc1. The maximum absolute atomic E-state index is 12.9. The van der Waals surface area contributed by atoms with Crippen molar-refractivity contribution < 1.29 is 27.1 Å². The topological polar surface area (TPSA) is 110 Å². The molecule has 1 N–H and O–H groups in total. The summed E-state index contributed by atoms with van der Waals surface area (Å²) in [6.07, 6.45) is -1.46. The summed E-state index contributed by atoms with van der Waals surface area (Å²) in [7, 11) is -3.12. The van der Waals surface area contributed by atoms with E-state index in [0.29, 0.717) is 5.06 Å². The van der Waals surface area contributed by atoms with E-state index in [2.05, 4.69) is 0 Å². The molecule has 1 atom stereocenters. The Labute approximate surface area is 136 Å². The van der Waals surface area contributed by atoms with E-state index < -0.39 is 27.1 Å². The van der Waals surface area contributed by atoms with Crippen LogP contribution in [-0.2, 0) is 14.4 Å². The molecule has 1 unspecified atom stereocenters. The van der Waals surface area contributed by atoms with Crippen molar-refractivity contribution in [3.05, 3.63) is 70.0 Å². The Morgan fingerprint density at radius 2 is 1.71 bits per heavy atom. The van der Waals surface area contributed by atoms with Gasteiger partial charge in [-0.2, -0.15) is 12.7 Å². The van der Waals surface area contributed by atoms with Gasteiger partial charge in [0, 0.05) is 19.2 Å². The van der Waals surface area contributed by atoms with Crippen molar-refractivity contribution in [2.75, 3.05) is 7.05 Å². The lowest BCUT2D eigenvalue weighted by Crippen LogP contribution is -2.28. The summed E-state index contributed by atoms with van der Waals surface area (Å²) >= 11 is 0. The van der Waals surface area contributed by atoms with Crippen molar-refractivity contribution in [1.29, 1.82) is 0 Å². The van der Waals surface area contributed by atoms with Gasteiger partial charge in [0.25, 0.3) is 5.69 Å². The maximum Gasteiger partial charge on any atom is 0.313 e. The van der Waals surface area contributed by atoms with Gasteiger partial charge >= 0.3 is 10.1 Å². The molecule has 0 fully saturated rings. The average molecular weight is 356 g/mol. The van der Waals surface area contributed by atoms with Gasteiger partial charge in [-0.3, -0.25) is 10.1 Å². The standard InChI is InChI=1S/C14H13FN2O6S/c1-16(14(18)10-2-4-11(15)5-3-10)23-24(21,22)13-8-6-12(7-9-13)17(19)20/h2-9,14,18H,1H3. The second-order valence-electron chi connectivity index (χ2n) is 4.75. The Morgan fingerprint density at radius 1 is 1.17 bits per heavy atom. The highest BCUT2D eigenvalue weighted by molar-refractivity contribution is 7.86. The third-order valence-corrected chi connectivity index (χ3v) is 4.35. The van der Waals surface area contributed by atoms with Gasteiger partial charge in [-0.25, -0.2) is 4.39 Å². The first kappa shape index (κ1) is 17.9. The van der Waals surface area contributed by atoms with Crippen molar-refractivity contribution in [3.8, 4) is 0 Å². The summed E-state index contributed by atoms with van der Waals surface area (Å²) < 4.78 is 41.8. The fraction of sp³-hybridized carbons (Fsp3) is 0.143. The zero-order valence-electron chi connectivity index (χ0n) is 12.4. The highest BCUT2D eigenvalue weighted by Gasteiger charge is 2.24. The van der Waals surface area contributed by atoms with Crippen molar-refractivity contribution >= 4 is 15.8 Å². The third kappa shape index (κ3) is 4.11. The summed E-state index contributed by atoms with van der Waals surface area (Å²) in [5, 5.41) is 21.3. The molecule has 2 rings (SSSR count). The van der Waals surface area contributed by atoms with Gasteiger partial charge < -0.3 is 5.11 Å². The monoisotopic (exact) mass is 356 g/mol. The minimum Gasteiger partial charge on any atom is -0.372 e. The van der Waals surface area contributed by atoms with Crippen LogP contribution < -0.4 is 0 Å². The number of benzene rings is 2. The van der Waals surface area contributed by atoms with Crippen LogP contribution in [0.4, 0.5) is 10.1 Å². The zero-order valence-corrected chi connectivity index (χ0v) is 13.2. The number of non-ortho nitro benzene ring substituents is 1. The fourth-order valence-corrected chi connectivity index (χ4v) is 2.76. The van der Waals surface area contributed by atoms with E-state index in [1.807, 2.05) is 0 Å². The van der Waals surface area contributed by atoms with Gasteiger partial charge in [0.2, 0.25) is 0 Å². The summed E-state index contributed by atoms with van der Waals surface area (Å²) in [5.41, 5.74) is -0.0496. The van der Waals surface area contributed by atoms with E-state index in [1.54, 1.807) is 0 Å². The van der Waals surface area contributed by atoms with E-state index in [-0.39, 0.29) is 16.1 Å². The van der Waals surface area contributed by atoms with E-state index in [4.69, 9.17) is 4.28 Å². The Morgan fingerprint density at radius 3 is 2.21 bits per heavy atom. The number of hydroxylamine groups is 2. The first-order chi connectivity index (χ1) is 11.2. The number of rotatable bonds is 6. The Balaban J connectivity index is 2.15. The van der Waals surface area contributed by atoms with Gasteiger partial charge in [0.15, 0.2) is 6.23 Å². The molecule has 24 heavy (non-hydrogen) atoms. The number of halogens is 1. The lowest BCUT2D eigenvalue weighted by Gasteiger charge is -2.22. The molecule has 10 heteroatoms. The van der Waals surface area contributed by atoms with Crippen LogP contribution in [0.1, 0.15) is 11.8 Å². The summed E-state index contributed by atoms with van der Waals surface area (Å²) in [4.78, 5) is 9.59. The molecule has 0 aliphatic heterocycles. The molecule has 0 saturated heterocycles. The predicted molar refractivity (Wildman–Crippen MR) is 80.5 cm³/mol. The van der Waals surface area contributed by atoms with Crippen LogP contribution in [0, 0.1) is 15.9 Å². The van der Waals surface area contributed by atoms with Crippen molar-refractivity contribution in [1.82, 2.24) is 5.06 Å². The summed E-state index contributed by atoms with van der Waals surface area (Å²) in [6, 6.07) is 8.85. The molecule has 128 valence electrons. The van der Waals surface area contributed by atoms with Gasteiger partial charge in [0.1, 0.15) is 5.82 Å². The fourth-order valence-electron chi connectivity index (χ4n) is 1.82. The molecular formula is C14H13FN2O6S. The van der Waals surface area contributed by atoms with E-state index in [1.165, 1.54) is 19.2 Å². The molecule has 0 heterocycles. The minimum atomic E-state index is -4.29. The maximum atomic E-state index is 12.9. The van der Waals surface area contributed by atoms with Crippen LogP contribution in [-0.4, -0.2) is 30.6 Å². The number of aliphatic hydroxyl groups is 1. The molecule has 0 bridgehead atoms. The summed E-state index contributed by atoms with van der Waals surface area (Å²) in [6.45, 7) is 0. The minimum absolute atomic E-state index is 0.220. The number of hydrogen-bond acceptors (Lipinski definition) is 7. The molecule has 0 spiro atoms. The van der Waals surface area contributed by atoms with Gasteiger partial charge in [-0.15, -0.1) is 5.06 Å². The second kappa shape index (κ2) is 7.01. The van der Waals surface area contributed by atoms with Gasteiger partial charge in [-0.05, 0) is 29.8 Å². The molecule has 0 aliphatic rings. The van der Waals surface area contributed by atoms with Crippen LogP contribution in [0.15, 0.2) is 53.4 Å². The molecule has 0 amide bonds. The highest BCUT2D eigenvalue weighted by Crippen LogP contribution is 2.22. The first-order valence-electron chi connectivity index (χ1n) is 6.56. The van der Waals surface area contributed by atoms with Gasteiger partial charge in [0.05, 0.1) is 9.82 Å². The Hall–Kier alpha value is -2.40. The normalized spacial score (nSPS) is 13.0. The molecule has 0 aromatic heterocycles. The largest absolute Gasteiger partial charge is 0.372 e. The van der Waals surface area contributed by atoms with Crippen LogP contribution in [0.5, 0.6) is 0 Å². The lowest BCUT2D eigenvalue weighted by atomic mass is 10.2. The van der Waals surface area contributed by atoms with Crippen molar-refractivity contribution in [2.24, 2.45) is 0 Å². The van der Waals surface area contributed by atoms with E-state index in [0.717, 1.165) is 36.4 Å². The molecule has 2 aromatic rings. The number of hydrogen-bond donors (Lipinski definition) is 1. The smallest absolute Gasteiger partial charge is 0.313 e. The van der Waals surface area contributed by atoms with Gasteiger partial charge in [-0.1, -0.05) is 12.1 Å². The molecule has 0 aliphatic carbocycles. The van der Waals surface area contributed by atoms with Crippen LogP contribution in [0.2, 0.25) is 0 Å². The lowest BCUT2D eigenvalue weighted by molar-refractivity contribution is -0.384. The highest BCUT2D eigenvalue weighted by atomic mass is 32.2. The van der Waals surface area contributed by atoms with Crippen LogP contribution >= 0.6 is 0 Å². The Kier molecular flexibility index (Phi) is 5.24. The number of nitro groups is 1. The van der Waals surface area contributed by atoms with Crippen LogP contribution in [0.3, 0.4) is 0 Å². The average Bonchev–Trinajstić information content (AvgIpc) is 2.54. The van der Waals surface area contributed by atoms with E-state index in [9.17, 15) is 28.0 Å². The molecule has 0 radical (unpaired) electrons. The first-order valence-corrected chi connectivity index (χ1v) is 7.97. The second-order valence-corrected chi connectivity index (χ2v) is 6.28. The predicted octanol–water partition coefficient (Wildman–Crippen LogP) is 1.98. The van der Waals surface area contributed by atoms with Crippen molar-refractivity contribution in [2.45, 2.75) is 11.1 Å². The quantitative estimate of drug-likeness (QED) is 0.479. The molecule has 0 saturated carbocycles. The van der Waals surface area contributed by atoms with E-state index >= 15 is 0 Å². The molecule has 8 nitrogen and oxygen atoms in total. The third-order valence-electron chi connectivity index (χ3n) is 3.06. The molecule has 2 aromatic carbocycles. The Bertz CT molecular complexity index is 823.